The van der Waals surface area contributed by atoms with Crippen LogP contribution in [0.5, 0.6) is 11.5 Å². The zero-order valence-corrected chi connectivity index (χ0v) is 21.4. The van der Waals surface area contributed by atoms with Gasteiger partial charge >= 0.3 is 0 Å². The van der Waals surface area contributed by atoms with E-state index >= 15 is 0 Å². The highest BCUT2D eigenvalue weighted by Crippen LogP contribution is 2.31. The standard InChI is InChI=1S/C29H25N3O4S/c1-18-25(27(33)31-21-7-5-4-6-8-21)26(20-11-15-23(36-3)16-12-20)32-28(34)24(37-29(32)30-18)17-19-9-13-22(35-2)14-10-19/h4-17,26H,1-3H3,(H,31,33)/t26-/m1/s1. The van der Waals surface area contributed by atoms with Crippen molar-refractivity contribution in [2.45, 2.75) is 13.0 Å². The fourth-order valence-electron chi connectivity index (χ4n) is 4.28. The Kier molecular flexibility index (Phi) is 6.74. The molecule has 2 heterocycles. The SMILES string of the molecule is COc1ccc(C=c2sc3n(c2=O)[C@H](c2ccc(OC)cc2)C(C(=O)Nc2ccccc2)=C(C)N=3)cc1. The minimum atomic E-state index is -0.649. The molecule has 1 N–H and O–H groups in total. The summed E-state index contributed by atoms with van der Waals surface area (Å²) in [4.78, 5) is 32.6. The van der Waals surface area contributed by atoms with Crippen molar-refractivity contribution < 1.29 is 14.3 Å². The second-order valence-electron chi connectivity index (χ2n) is 8.45. The van der Waals surface area contributed by atoms with Gasteiger partial charge in [-0.25, -0.2) is 4.99 Å². The van der Waals surface area contributed by atoms with Crippen LogP contribution in [0.3, 0.4) is 0 Å². The third-order valence-electron chi connectivity index (χ3n) is 6.14. The number of para-hydroxylation sites is 1. The summed E-state index contributed by atoms with van der Waals surface area (Å²) in [6, 6.07) is 23.4. The average molecular weight is 512 g/mol. The molecular formula is C29H25N3O4S. The third-order valence-corrected chi connectivity index (χ3v) is 7.13. The molecule has 1 aliphatic rings. The van der Waals surface area contributed by atoms with Gasteiger partial charge in [0.05, 0.1) is 36.1 Å². The summed E-state index contributed by atoms with van der Waals surface area (Å²) < 4.78 is 12.7. The van der Waals surface area contributed by atoms with Gasteiger partial charge in [-0.2, -0.15) is 0 Å². The first-order chi connectivity index (χ1) is 18.0. The number of carbonyl (C=O) groups excluding carboxylic acids is 1. The first-order valence-corrected chi connectivity index (χ1v) is 12.5. The lowest BCUT2D eigenvalue weighted by molar-refractivity contribution is -0.113. The Morgan fingerprint density at radius 2 is 1.57 bits per heavy atom. The molecule has 0 fully saturated rings. The number of ether oxygens (including phenoxy) is 2. The molecule has 7 nitrogen and oxygen atoms in total. The maximum absolute atomic E-state index is 13.8. The number of methoxy groups -OCH3 is 2. The highest BCUT2D eigenvalue weighted by atomic mass is 32.1. The highest BCUT2D eigenvalue weighted by molar-refractivity contribution is 7.07. The lowest BCUT2D eigenvalue weighted by Crippen LogP contribution is -2.40. The Morgan fingerprint density at radius 3 is 2.19 bits per heavy atom. The fourth-order valence-corrected chi connectivity index (χ4v) is 5.33. The molecular weight excluding hydrogens is 486 g/mol. The number of thiazole rings is 1. The number of anilines is 1. The van der Waals surface area contributed by atoms with E-state index in [9.17, 15) is 9.59 Å². The molecule has 1 aliphatic heterocycles. The van der Waals surface area contributed by atoms with E-state index in [1.807, 2.05) is 84.9 Å². The molecule has 0 saturated carbocycles. The summed E-state index contributed by atoms with van der Waals surface area (Å²) in [5.41, 5.74) is 3.08. The second kappa shape index (κ2) is 10.3. The van der Waals surface area contributed by atoms with Gasteiger partial charge in [0.2, 0.25) is 0 Å². The number of amides is 1. The number of fused-ring (bicyclic) bond motifs is 1. The van der Waals surface area contributed by atoms with Crippen LogP contribution >= 0.6 is 11.3 Å². The van der Waals surface area contributed by atoms with Gasteiger partial charge in [0.15, 0.2) is 4.80 Å². The molecule has 8 heteroatoms. The quantitative estimate of drug-likeness (QED) is 0.426. The summed E-state index contributed by atoms with van der Waals surface area (Å²) in [6.45, 7) is 1.80. The van der Waals surface area contributed by atoms with Crippen molar-refractivity contribution in [3.63, 3.8) is 0 Å². The maximum atomic E-state index is 13.8. The van der Waals surface area contributed by atoms with E-state index in [0.717, 1.165) is 16.9 Å². The number of benzene rings is 3. The molecule has 5 rings (SSSR count). The molecule has 0 saturated heterocycles. The number of nitrogens with zero attached hydrogens (tertiary/aromatic N) is 2. The molecule has 0 unspecified atom stereocenters. The van der Waals surface area contributed by atoms with E-state index in [0.29, 0.717) is 32.0 Å². The number of aromatic nitrogens is 1. The average Bonchev–Trinajstić information content (AvgIpc) is 3.23. The van der Waals surface area contributed by atoms with E-state index in [-0.39, 0.29) is 11.5 Å². The summed E-state index contributed by atoms with van der Waals surface area (Å²) in [7, 11) is 3.21. The number of hydrogen-bond donors (Lipinski definition) is 1. The zero-order chi connectivity index (χ0) is 25.9. The fraction of sp³-hybridized carbons (Fsp3) is 0.138. The summed E-state index contributed by atoms with van der Waals surface area (Å²) in [5, 5.41) is 2.96. The molecule has 1 atom stereocenters. The van der Waals surface area contributed by atoms with E-state index in [2.05, 4.69) is 10.3 Å². The van der Waals surface area contributed by atoms with Crippen LogP contribution in [0.25, 0.3) is 6.08 Å². The lowest BCUT2D eigenvalue weighted by Gasteiger charge is -2.25. The van der Waals surface area contributed by atoms with Gasteiger partial charge in [0, 0.05) is 5.69 Å². The number of allylic oxidation sites excluding steroid dienone is 1. The Morgan fingerprint density at radius 1 is 0.946 bits per heavy atom. The van der Waals surface area contributed by atoms with Crippen LogP contribution < -0.4 is 29.7 Å². The molecule has 0 radical (unpaired) electrons. The molecule has 0 spiro atoms. The van der Waals surface area contributed by atoms with Gasteiger partial charge in [-0.1, -0.05) is 53.8 Å². The topological polar surface area (TPSA) is 81.9 Å². The number of carbonyl (C=O) groups is 1. The van der Waals surface area contributed by atoms with Gasteiger partial charge < -0.3 is 14.8 Å². The smallest absolute Gasteiger partial charge is 0.271 e. The predicted molar refractivity (Wildman–Crippen MR) is 145 cm³/mol. The normalized spacial score (nSPS) is 15.1. The van der Waals surface area contributed by atoms with Crippen molar-refractivity contribution in [1.29, 1.82) is 0 Å². The minimum absolute atomic E-state index is 0.210. The number of nitrogens with one attached hydrogen (secondary N) is 1. The van der Waals surface area contributed by atoms with E-state index in [1.54, 1.807) is 25.7 Å². The van der Waals surface area contributed by atoms with E-state index in [4.69, 9.17) is 9.47 Å². The Hall–Kier alpha value is -4.43. The van der Waals surface area contributed by atoms with Gasteiger partial charge in [-0.3, -0.25) is 14.2 Å². The molecule has 1 aromatic heterocycles. The molecule has 4 aromatic rings. The number of rotatable bonds is 6. The maximum Gasteiger partial charge on any atom is 0.271 e. The van der Waals surface area contributed by atoms with Crippen molar-refractivity contribution in [3.05, 3.63) is 121 Å². The summed E-state index contributed by atoms with van der Waals surface area (Å²) >= 11 is 1.30. The molecule has 186 valence electrons. The molecule has 0 bridgehead atoms. The predicted octanol–water partition coefficient (Wildman–Crippen LogP) is 3.89. The van der Waals surface area contributed by atoms with Crippen LogP contribution in [0.1, 0.15) is 24.1 Å². The van der Waals surface area contributed by atoms with Gasteiger partial charge in [-0.05, 0) is 60.5 Å². The second-order valence-corrected chi connectivity index (χ2v) is 9.46. The van der Waals surface area contributed by atoms with Crippen LogP contribution in [0.2, 0.25) is 0 Å². The summed E-state index contributed by atoms with van der Waals surface area (Å²) in [5.74, 6) is 1.12. The largest absolute Gasteiger partial charge is 0.497 e. The zero-order valence-electron chi connectivity index (χ0n) is 20.6. The van der Waals surface area contributed by atoms with Crippen LogP contribution in [-0.2, 0) is 4.79 Å². The minimum Gasteiger partial charge on any atom is -0.497 e. The van der Waals surface area contributed by atoms with Crippen molar-refractivity contribution >= 4 is 29.0 Å². The van der Waals surface area contributed by atoms with Crippen LogP contribution in [0.15, 0.2) is 99.9 Å². The Balaban J connectivity index is 1.65. The lowest BCUT2D eigenvalue weighted by atomic mass is 9.95. The van der Waals surface area contributed by atoms with Crippen molar-refractivity contribution in [2.24, 2.45) is 4.99 Å². The van der Waals surface area contributed by atoms with Crippen LogP contribution in [0.4, 0.5) is 5.69 Å². The first-order valence-electron chi connectivity index (χ1n) is 11.7. The molecule has 1 amide bonds. The van der Waals surface area contributed by atoms with Crippen molar-refractivity contribution in [1.82, 2.24) is 4.57 Å². The van der Waals surface area contributed by atoms with E-state index < -0.39 is 6.04 Å². The van der Waals surface area contributed by atoms with Gasteiger partial charge in [0.1, 0.15) is 11.5 Å². The Labute approximate surface area is 217 Å². The van der Waals surface area contributed by atoms with E-state index in [1.165, 1.54) is 11.3 Å². The number of hydrogen-bond acceptors (Lipinski definition) is 6. The summed E-state index contributed by atoms with van der Waals surface area (Å²) in [6.07, 6.45) is 1.83. The van der Waals surface area contributed by atoms with Gasteiger partial charge in [0.25, 0.3) is 11.5 Å². The first kappa shape index (κ1) is 24.3. The van der Waals surface area contributed by atoms with Crippen molar-refractivity contribution in [3.8, 4) is 11.5 Å². The monoisotopic (exact) mass is 511 g/mol. The van der Waals surface area contributed by atoms with Crippen LogP contribution in [-0.4, -0.2) is 24.7 Å². The molecule has 37 heavy (non-hydrogen) atoms. The molecule has 3 aromatic carbocycles. The molecule has 0 aliphatic carbocycles. The van der Waals surface area contributed by atoms with Gasteiger partial charge in [-0.15, -0.1) is 0 Å². The van der Waals surface area contributed by atoms with Crippen LogP contribution in [0, 0.1) is 0 Å². The third kappa shape index (κ3) is 4.83. The Bertz CT molecular complexity index is 1650. The van der Waals surface area contributed by atoms with Crippen molar-refractivity contribution in [2.75, 3.05) is 19.5 Å². The highest BCUT2D eigenvalue weighted by Gasteiger charge is 2.32.